The van der Waals surface area contributed by atoms with Crippen LogP contribution in [0.2, 0.25) is 0 Å². The largest absolute Gasteiger partial charge is 0.507 e. The van der Waals surface area contributed by atoms with Crippen LogP contribution in [0.1, 0.15) is 11.3 Å². The van der Waals surface area contributed by atoms with Gasteiger partial charge in [-0.3, -0.25) is 5.10 Å². The van der Waals surface area contributed by atoms with E-state index in [4.69, 9.17) is 0 Å². The minimum atomic E-state index is 0.261. The maximum Gasteiger partial charge on any atom is 0.129 e. The molecule has 2 rings (SSSR count). The summed E-state index contributed by atoms with van der Waals surface area (Å²) in [5, 5.41) is 19.4. The van der Waals surface area contributed by atoms with Crippen molar-refractivity contribution in [2.75, 3.05) is 0 Å². The lowest BCUT2D eigenvalue weighted by Crippen LogP contribution is -2.12. The average Bonchev–Trinajstić information content (AvgIpc) is 2.76. The first-order valence-corrected chi connectivity index (χ1v) is 5.71. The van der Waals surface area contributed by atoms with Gasteiger partial charge in [0.25, 0.3) is 0 Å². The van der Waals surface area contributed by atoms with Crippen LogP contribution in [0.4, 0.5) is 0 Å². The number of aromatic nitrogens is 2. The summed E-state index contributed by atoms with van der Waals surface area (Å²) in [7, 11) is 0. The molecule has 0 aliphatic heterocycles. The van der Waals surface area contributed by atoms with Crippen molar-refractivity contribution >= 4 is 15.9 Å². The smallest absolute Gasteiger partial charge is 0.129 e. The Morgan fingerprint density at radius 1 is 1.31 bits per heavy atom. The van der Waals surface area contributed by atoms with E-state index in [1.807, 2.05) is 18.2 Å². The van der Waals surface area contributed by atoms with Crippen LogP contribution in [0, 0.1) is 0 Å². The molecule has 5 heteroatoms. The Balaban J connectivity index is 1.87. The summed E-state index contributed by atoms with van der Waals surface area (Å²) in [6.07, 6.45) is 1.73. The van der Waals surface area contributed by atoms with E-state index in [-0.39, 0.29) is 5.75 Å². The van der Waals surface area contributed by atoms with E-state index in [1.54, 1.807) is 12.3 Å². The summed E-state index contributed by atoms with van der Waals surface area (Å²) >= 11 is 3.28. The lowest BCUT2D eigenvalue weighted by molar-refractivity contribution is 0.471. The van der Waals surface area contributed by atoms with E-state index in [0.29, 0.717) is 4.47 Å². The summed E-state index contributed by atoms with van der Waals surface area (Å²) in [5.41, 5.74) is 2.17. The number of hydrogen-bond donors (Lipinski definition) is 3. The van der Waals surface area contributed by atoms with Crippen LogP contribution < -0.4 is 5.32 Å². The van der Waals surface area contributed by atoms with Gasteiger partial charge in [-0.15, -0.1) is 0 Å². The van der Waals surface area contributed by atoms with E-state index in [9.17, 15) is 5.11 Å². The van der Waals surface area contributed by atoms with Crippen molar-refractivity contribution in [2.45, 2.75) is 13.1 Å². The Bertz CT molecular complexity index is 456. The molecule has 0 unspecified atom stereocenters. The fourth-order valence-corrected chi connectivity index (χ4v) is 1.81. The van der Waals surface area contributed by atoms with Crippen molar-refractivity contribution in [2.24, 2.45) is 0 Å². The van der Waals surface area contributed by atoms with Gasteiger partial charge in [0.05, 0.1) is 4.47 Å². The number of hydrogen-bond acceptors (Lipinski definition) is 3. The topological polar surface area (TPSA) is 60.9 Å². The molecule has 0 aliphatic carbocycles. The fraction of sp³-hybridized carbons (Fsp3) is 0.182. The van der Waals surface area contributed by atoms with Crippen molar-refractivity contribution in [1.82, 2.24) is 15.5 Å². The third-order valence-corrected chi connectivity index (χ3v) is 2.85. The molecule has 0 amide bonds. The first kappa shape index (κ1) is 11.2. The second-order valence-electron chi connectivity index (χ2n) is 3.47. The van der Waals surface area contributed by atoms with E-state index >= 15 is 0 Å². The summed E-state index contributed by atoms with van der Waals surface area (Å²) in [6.45, 7) is 1.50. The number of nitrogens with zero attached hydrogens (tertiary/aromatic N) is 1. The minimum Gasteiger partial charge on any atom is -0.507 e. The van der Waals surface area contributed by atoms with Crippen LogP contribution in [0.3, 0.4) is 0 Å². The van der Waals surface area contributed by atoms with Gasteiger partial charge in [0, 0.05) is 25.0 Å². The van der Waals surface area contributed by atoms with Gasteiger partial charge in [-0.25, -0.2) is 0 Å². The van der Waals surface area contributed by atoms with Crippen molar-refractivity contribution < 1.29 is 5.11 Å². The number of nitrogens with one attached hydrogen (secondary N) is 2. The molecule has 0 aliphatic rings. The molecule has 1 aromatic heterocycles. The Morgan fingerprint density at radius 3 is 2.88 bits per heavy atom. The molecule has 0 bridgehead atoms. The van der Waals surface area contributed by atoms with Gasteiger partial charge < -0.3 is 10.4 Å². The number of phenolic OH excluding ortho intramolecular Hbond substituents is 1. The maximum atomic E-state index is 9.34. The van der Waals surface area contributed by atoms with Crippen molar-refractivity contribution in [3.05, 3.63) is 46.2 Å². The highest BCUT2D eigenvalue weighted by Crippen LogP contribution is 2.24. The number of aromatic amines is 1. The molecule has 3 N–H and O–H groups in total. The number of H-pyrrole nitrogens is 1. The first-order valence-electron chi connectivity index (χ1n) is 4.92. The predicted octanol–water partition coefficient (Wildman–Crippen LogP) is 2.17. The van der Waals surface area contributed by atoms with Gasteiger partial charge in [-0.05, 0) is 39.7 Å². The first-order chi connectivity index (χ1) is 7.75. The minimum absolute atomic E-state index is 0.261. The van der Waals surface area contributed by atoms with E-state index in [0.717, 1.165) is 24.3 Å². The van der Waals surface area contributed by atoms with Gasteiger partial charge in [0.2, 0.25) is 0 Å². The zero-order valence-corrected chi connectivity index (χ0v) is 10.2. The van der Waals surface area contributed by atoms with Gasteiger partial charge >= 0.3 is 0 Å². The van der Waals surface area contributed by atoms with Gasteiger partial charge in [0.1, 0.15) is 5.75 Å². The molecule has 1 aromatic carbocycles. The van der Waals surface area contributed by atoms with E-state index in [1.165, 1.54) is 0 Å². The van der Waals surface area contributed by atoms with Crippen LogP contribution in [0.5, 0.6) is 5.75 Å². The molecular weight excluding hydrogens is 270 g/mol. The number of benzene rings is 1. The average molecular weight is 282 g/mol. The van der Waals surface area contributed by atoms with Crippen molar-refractivity contribution in [1.29, 1.82) is 0 Å². The Hall–Kier alpha value is -1.33. The monoisotopic (exact) mass is 281 g/mol. The Labute approximate surface area is 102 Å². The molecule has 4 nitrogen and oxygen atoms in total. The van der Waals surface area contributed by atoms with E-state index < -0.39 is 0 Å². The maximum absolute atomic E-state index is 9.34. The molecule has 0 fully saturated rings. The lowest BCUT2D eigenvalue weighted by Gasteiger charge is -2.05. The lowest BCUT2D eigenvalue weighted by atomic mass is 10.2. The summed E-state index contributed by atoms with van der Waals surface area (Å²) in [6, 6.07) is 7.40. The molecule has 0 saturated heterocycles. The van der Waals surface area contributed by atoms with Gasteiger partial charge in [0.15, 0.2) is 0 Å². The number of phenols is 1. The molecule has 16 heavy (non-hydrogen) atoms. The Kier molecular flexibility index (Phi) is 3.58. The molecule has 0 saturated carbocycles. The van der Waals surface area contributed by atoms with Crippen LogP contribution >= 0.6 is 15.9 Å². The third-order valence-electron chi connectivity index (χ3n) is 2.22. The fourth-order valence-electron chi connectivity index (χ4n) is 1.39. The van der Waals surface area contributed by atoms with Crippen LogP contribution in [0.15, 0.2) is 34.9 Å². The zero-order valence-electron chi connectivity index (χ0n) is 8.57. The normalized spacial score (nSPS) is 10.6. The molecule has 84 valence electrons. The van der Waals surface area contributed by atoms with Crippen LogP contribution in [0.25, 0.3) is 0 Å². The Morgan fingerprint density at radius 2 is 2.19 bits per heavy atom. The van der Waals surface area contributed by atoms with Crippen LogP contribution in [-0.2, 0) is 13.1 Å². The van der Waals surface area contributed by atoms with E-state index in [2.05, 4.69) is 31.4 Å². The standard InChI is InChI=1S/C11H12BrN3O/c12-10-5-8(1-2-11(10)16)6-13-7-9-3-4-14-15-9/h1-5,13,16H,6-7H2,(H,14,15). The molecule has 2 aromatic rings. The predicted molar refractivity (Wildman–Crippen MR) is 64.9 cm³/mol. The number of aromatic hydroxyl groups is 1. The summed E-state index contributed by atoms with van der Waals surface area (Å²) in [5.74, 6) is 0.261. The highest BCUT2D eigenvalue weighted by Gasteiger charge is 1.99. The van der Waals surface area contributed by atoms with Crippen molar-refractivity contribution in [3.63, 3.8) is 0 Å². The summed E-state index contributed by atoms with van der Waals surface area (Å²) in [4.78, 5) is 0. The van der Waals surface area contributed by atoms with Crippen molar-refractivity contribution in [3.8, 4) is 5.75 Å². The highest BCUT2D eigenvalue weighted by atomic mass is 79.9. The van der Waals surface area contributed by atoms with Crippen LogP contribution in [-0.4, -0.2) is 15.3 Å². The molecule has 0 radical (unpaired) electrons. The second kappa shape index (κ2) is 5.14. The molecule has 0 atom stereocenters. The van der Waals surface area contributed by atoms with Gasteiger partial charge in [-0.1, -0.05) is 6.07 Å². The number of rotatable bonds is 4. The quantitative estimate of drug-likeness (QED) is 0.805. The number of halogens is 1. The molecule has 1 heterocycles. The molecule has 0 spiro atoms. The SMILES string of the molecule is Oc1ccc(CNCc2ccn[nH]2)cc1Br. The third kappa shape index (κ3) is 2.84. The van der Waals surface area contributed by atoms with Gasteiger partial charge in [-0.2, -0.15) is 5.10 Å². The zero-order chi connectivity index (χ0) is 11.4. The molecular formula is C11H12BrN3O. The highest BCUT2D eigenvalue weighted by molar-refractivity contribution is 9.10. The second-order valence-corrected chi connectivity index (χ2v) is 4.33. The summed E-state index contributed by atoms with van der Waals surface area (Å²) < 4.78 is 0.716.